The number of rotatable bonds is 5. The summed E-state index contributed by atoms with van der Waals surface area (Å²) in [6.45, 7) is 1.32. The topological polar surface area (TPSA) is 76.0 Å². The van der Waals surface area contributed by atoms with Gasteiger partial charge in [0.25, 0.3) is 0 Å². The van der Waals surface area contributed by atoms with E-state index in [1.165, 1.54) is 0 Å². The van der Waals surface area contributed by atoms with Gasteiger partial charge in [-0.05, 0) is 24.6 Å². The van der Waals surface area contributed by atoms with E-state index in [9.17, 15) is 4.79 Å². The van der Waals surface area contributed by atoms with Crippen LogP contribution in [0.5, 0.6) is 5.75 Å². The van der Waals surface area contributed by atoms with Crippen LogP contribution >= 0.6 is 0 Å². The lowest BCUT2D eigenvalue weighted by atomic mass is 10.1. The van der Waals surface area contributed by atoms with Crippen LogP contribution in [0, 0.1) is 0 Å². The molecule has 2 N–H and O–H groups in total. The van der Waals surface area contributed by atoms with E-state index in [2.05, 4.69) is 4.89 Å². The zero-order valence-electron chi connectivity index (χ0n) is 8.21. The molecule has 0 radical (unpaired) electrons. The second kappa shape index (κ2) is 5.33. The molecule has 0 aliphatic heterocycles. The number of carbonyl (C=O) groups is 1. The minimum Gasteiger partial charge on any atom is -0.482 e. The molecule has 1 aromatic rings. The Kier molecular flexibility index (Phi) is 4.08. The van der Waals surface area contributed by atoms with Crippen molar-refractivity contribution >= 4 is 5.97 Å². The summed E-state index contributed by atoms with van der Waals surface area (Å²) in [6.07, 6.45) is -0.418. The lowest BCUT2D eigenvalue weighted by Gasteiger charge is -2.08. The zero-order chi connectivity index (χ0) is 11.3. The van der Waals surface area contributed by atoms with Crippen LogP contribution in [0.3, 0.4) is 0 Å². The molecule has 1 rings (SSSR count). The Balaban J connectivity index is 2.60. The summed E-state index contributed by atoms with van der Waals surface area (Å²) >= 11 is 0. The molecule has 82 valence electrons. The first-order chi connectivity index (χ1) is 7.13. The van der Waals surface area contributed by atoms with Crippen LogP contribution in [0.1, 0.15) is 18.6 Å². The molecule has 0 aliphatic carbocycles. The molecule has 0 heterocycles. The second-order valence-corrected chi connectivity index (χ2v) is 3.00. The first-order valence-corrected chi connectivity index (χ1v) is 4.38. The number of carboxylic acids is 1. The van der Waals surface area contributed by atoms with Gasteiger partial charge in [0.1, 0.15) is 11.9 Å². The van der Waals surface area contributed by atoms with Crippen molar-refractivity contribution in [2.75, 3.05) is 6.61 Å². The molecule has 0 bridgehead atoms. The summed E-state index contributed by atoms with van der Waals surface area (Å²) < 4.78 is 4.93. The van der Waals surface area contributed by atoms with Crippen molar-refractivity contribution < 1.29 is 24.8 Å². The van der Waals surface area contributed by atoms with Gasteiger partial charge in [0.2, 0.25) is 0 Å². The van der Waals surface area contributed by atoms with Gasteiger partial charge in [-0.25, -0.2) is 9.68 Å². The summed E-state index contributed by atoms with van der Waals surface area (Å²) in [5.41, 5.74) is 0.778. The summed E-state index contributed by atoms with van der Waals surface area (Å²) in [6, 6.07) is 6.62. The van der Waals surface area contributed by atoms with Crippen molar-refractivity contribution in [3.8, 4) is 5.75 Å². The molecule has 1 atom stereocenters. The monoisotopic (exact) mass is 212 g/mol. The van der Waals surface area contributed by atoms with E-state index in [-0.39, 0.29) is 6.61 Å². The molecule has 1 aromatic carbocycles. The molecule has 15 heavy (non-hydrogen) atoms. The molecule has 1 unspecified atom stereocenters. The van der Waals surface area contributed by atoms with Crippen LogP contribution in [0.2, 0.25) is 0 Å². The fourth-order valence-corrected chi connectivity index (χ4v) is 1.04. The molecule has 0 saturated carbocycles. The van der Waals surface area contributed by atoms with E-state index >= 15 is 0 Å². The van der Waals surface area contributed by atoms with Crippen molar-refractivity contribution in [1.82, 2.24) is 0 Å². The fraction of sp³-hybridized carbons (Fsp3) is 0.300. The van der Waals surface area contributed by atoms with Gasteiger partial charge in [-0.2, -0.15) is 0 Å². The molecule has 0 fully saturated rings. The third-order valence-electron chi connectivity index (χ3n) is 1.87. The summed E-state index contributed by atoms with van der Waals surface area (Å²) in [7, 11) is 0. The van der Waals surface area contributed by atoms with Gasteiger partial charge < -0.3 is 9.84 Å². The normalized spacial score (nSPS) is 12.1. The van der Waals surface area contributed by atoms with Crippen LogP contribution in [0.25, 0.3) is 0 Å². The highest BCUT2D eigenvalue weighted by atomic mass is 17.1. The quantitative estimate of drug-likeness (QED) is 0.573. The van der Waals surface area contributed by atoms with E-state index in [1.54, 1.807) is 31.2 Å². The van der Waals surface area contributed by atoms with E-state index in [0.717, 1.165) is 5.56 Å². The maximum absolute atomic E-state index is 10.2. The van der Waals surface area contributed by atoms with Crippen molar-refractivity contribution in [2.24, 2.45) is 0 Å². The summed E-state index contributed by atoms with van der Waals surface area (Å²) in [5.74, 6) is -0.558. The molecule has 5 heteroatoms. The predicted molar refractivity (Wildman–Crippen MR) is 51.7 cm³/mol. The smallest absolute Gasteiger partial charge is 0.341 e. The van der Waals surface area contributed by atoms with Gasteiger partial charge in [0.15, 0.2) is 6.61 Å². The SMILES string of the molecule is CC(OO)c1ccc(OCC(=O)O)cc1. The van der Waals surface area contributed by atoms with Gasteiger partial charge in [0.05, 0.1) is 0 Å². The largest absolute Gasteiger partial charge is 0.482 e. The van der Waals surface area contributed by atoms with E-state index < -0.39 is 12.1 Å². The molecule has 0 aliphatic rings. The number of hydrogen-bond acceptors (Lipinski definition) is 4. The summed E-state index contributed by atoms with van der Waals surface area (Å²) in [4.78, 5) is 14.4. The van der Waals surface area contributed by atoms with Gasteiger partial charge in [0, 0.05) is 0 Å². The highest BCUT2D eigenvalue weighted by molar-refractivity contribution is 5.68. The van der Waals surface area contributed by atoms with E-state index in [0.29, 0.717) is 5.75 Å². The Morgan fingerprint density at radius 3 is 2.47 bits per heavy atom. The van der Waals surface area contributed by atoms with E-state index in [1.807, 2.05) is 0 Å². The Morgan fingerprint density at radius 1 is 1.40 bits per heavy atom. The highest BCUT2D eigenvalue weighted by Gasteiger charge is 2.05. The molecule has 5 nitrogen and oxygen atoms in total. The first-order valence-electron chi connectivity index (χ1n) is 4.38. The average molecular weight is 212 g/mol. The van der Waals surface area contributed by atoms with Crippen LogP contribution in [0.4, 0.5) is 0 Å². The van der Waals surface area contributed by atoms with Crippen molar-refractivity contribution in [2.45, 2.75) is 13.0 Å². The van der Waals surface area contributed by atoms with Crippen LogP contribution < -0.4 is 4.74 Å². The van der Waals surface area contributed by atoms with Crippen molar-refractivity contribution in [3.63, 3.8) is 0 Å². The highest BCUT2D eigenvalue weighted by Crippen LogP contribution is 2.19. The Hall–Kier alpha value is -1.59. The Labute approximate surface area is 86.8 Å². The van der Waals surface area contributed by atoms with Crippen molar-refractivity contribution in [3.05, 3.63) is 29.8 Å². The first kappa shape index (κ1) is 11.5. The third-order valence-corrected chi connectivity index (χ3v) is 1.87. The Bertz CT molecular complexity index is 319. The average Bonchev–Trinajstić information content (AvgIpc) is 2.26. The third kappa shape index (κ3) is 3.57. The lowest BCUT2D eigenvalue weighted by molar-refractivity contribution is -0.277. The Morgan fingerprint density at radius 2 is 2.00 bits per heavy atom. The minimum atomic E-state index is -1.02. The molecular formula is C10H12O5. The molecular weight excluding hydrogens is 200 g/mol. The number of hydrogen-bond donors (Lipinski definition) is 2. The minimum absolute atomic E-state index is 0.370. The van der Waals surface area contributed by atoms with Crippen molar-refractivity contribution in [1.29, 1.82) is 0 Å². The van der Waals surface area contributed by atoms with Gasteiger partial charge in [-0.15, -0.1) is 0 Å². The summed E-state index contributed by atoms with van der Waals surface area (Å²) in [5, 5.41) is 16.8. The fourth-order valence-electron chi connectivity index (χ4n) is 1.04. The number of aliphatic carboxylic acids is 1. The number of ether oxygens (including phenoxy) is 1. The van der Waals surface area contributed by atoms with Gasteiger partial charge >= 0.3 is 5.97 Å². The maximum atomic E-state index is 10.2. The van der Waals surface area contributed by atoms with Crippen LogP contribution in [0.15, 0.2) is 24.3 Å². The molecule has 0 spiro atoms. The molecule has 0 saturated heterocycles. The van der Waals surface area contributed by atoms with Gasteiger partial charge in [-0.3, -0.25) is 5.26 Å². The lowest BCUT2D eigenvalue weighted by Crippen LogP contribution is -2.09. The van der Waals surface area contributed by atoms with Gasteiger partial charge in [-0.1, -0.05) is 12.1 Å². The molecule has 0 aromatic heterocycles. The standard InChI is InChI=1S/C10H12O5/c1-7(15-13)8-2-4-9(5-3-8)14-6-10(11)12/h2-5,7,13H,6H2,1H3,(H,11,12). The number of carboxylic acid groups (broad SMARTS) is 1. The predicted octanol–water partition coefficient (Wildman–Crippen LogP) is 1.70. The maximum Gasteiger partial charge on any atom is 0.341 e. The van der Waals surface area contributed by atoms with Crippen LogP contribution in [-0.2, 0) is 9.68 Å². The van der Waals surface area contributed by atoms with Crippen LogP contribution in [-0.4, -0.2) is 22.9 Å². The number of benzene rings is 1. The zero-order valence-corrected chi connectivity index (χ0v) is 8.21. The second-order valence-electron chi connectivity index (χ2n) is 3.00. The molecule has 0 amide bonds. The van der Waals surface area contributed by atoms with E-state index in [4.69, 9.17) is 15.1 Å².